The number of nitrogens with one attached hydrogen (secondary N) is 2. The van der Waals surface area contributed by atoms with E-state index in [0.717, 1.165) is 0 Å². The standard InChI is InChI=1S/C11H21N3O2/c1-8(2)12-5-4-10(15)14-7-6-13-11(16)9(14)3/h8-9,12H,4-7H2,1-3H3,(H,13,16). The van der Waals surface area contributed by atoms with Crippen molar-refractivity contribution in [1.82, 2.24) is 15.5 Å². The van der Waals surface area contributed by atoms with Crippen LogP contribution in [0.1, 0.15) is 27.2 Å². The van der Waals surface area contributed by atoms with Crippen LogP contribution in [0.2, 0.25) is 0 Å². The summed E-state index contributed by atoms with van der Waals surface area (Å²) < 4.78 is 0. The van der Waals surface area contributed by atoms with Gasteiger partial charge in [0.1, 0.15) is 6.04 Å². The second-order valence-corrected chi connectivity index (χ2v) is 4.41. The maximum Gasteiger partial charge on any atom is 0.242 e. The Labute approximate surface area is 96.6 Å². The van der Waals surface area contributed by atoms with E-state index in [1.807, 2.05) is 13.8 Å². The quantitative estimate of drug-likeness (QED) is 0.694. The SMILES string of the molecule is CC(C)NCCC(=O)N1CCNC(=O)C1C. The lowest BCUT2D eigenvalue weighted by Gasteiger charge is -2.33. The lowest BCUT2D eigenvalue weighted by atomic mass is 10.2. The van der Waals surface area contributed by atoms with E-state index in [2.05, 4.69) is 10.6 Å². The Hall–Kier alpha value is -1.10. The lowest BCUT2D eigenvalue weighted by Crippen LogP contribution is -2.56. The highest BCUT2D eigenvalue weighted by atomic mass is 16.2. The molecule has 5 heteroatoms. The van der Waals surface area contributed by atoms with Crippen LogP contribution in [0.4, 0.5) is 0 Å². The number of carbonyl (C=O) groups is 2. The molecule has 0 aromatic rings. The van der Waals surface area contributed by atoms with Crippen LogP contribution >= 0.6 is 0 Å². The van der Waals surface area contributed by atoms with Crippen molar-refractivity contribution in [2.24, 2.45) is 0 Å². The van der Waals surface area contributed by atoms with E-state index in [1.54, 1.807) is 11.8 Å². The Kier molecular flexibility index (Phi) is 4.73. The number of hydrogen-bond acceptors (Lipinski definition) is 3. The third-order valence-corrected chi connectivity index (χ3v) is 2.71. The van der Waals surface area contributed by atoms with Crippen LogP contribution < -0.4 is 10.6 Å². The van der Waals surface area contributed by atoms with E-state index < -0.39 is 0 Å². The molecule has 0 bridgehead atoms. The van der Waals surface area contributed by atoms with Crippen LogP contribution in [0.25, 0.3) is 0 Å². The summed E-state index contributed by atoms with van der Waals surface area (Å²) in [7, 11) is 0. The zero-order chi connectivity index (χ0) is 12.1. The summed E-state index contributed by atoms with van der Waals surface area (Å²) in [6, 6.07) is 0.0511. The molecule has 1 heterocycles. The van der Waals surface area contributed by atoms with Crippen molar-refractivity contribution in [1.29, 1.82) is 0 Å². The fraction of sp³-hybridized carbons (Fsp3) is 0.818. The Balaban J connectivity index is 2.37. The van der Waals surface area contributed by atoms with Crippen LogP contribution in [-0.2, 0) is 9.59 Å². The van der Waals surface area contributed by atoms with Gasteiger partial charge >= 0.3 is 0 Å². The first-order chi connectivity index (χ1) is 7.52. The van der Waals surface area contributed by atoms with Crippen molar-refractivity contribution in [3.8, 4) is 0 Å². The molecule has 16 heavy (non-hydrogen) atoms. The first-order valence-electron chi connectivity index (χ1n) is 5.83. The van der Waals surface area contributed by atoms with Gasteiger partial charge in [0, 0.05) is 32.1 Å². The van der Waals surface area contributed by atoms with E-state index in [1.165, 1.54) is 0 Å². The van der Waals surface area contributed by atoms with Crippen LogP contribution in [0.3, 0.4) is 0 Å². The molecule has 1 saturated heterocycles. The van der Waals surface area contributed by atoms with Gasteiger partial charge in [-0.25, -0.2) is 0 Å². The van der Waals surface area contributed by atoms with Crippen molar-refractivity contribution >= 4 is 11.8 Å². The summed E-state index contributed by atoms with van der Waals surface area (Å²) in [6.07, 6.45) is 0.454. The summed E-state index contributed by atoms with van der Waals surface area (Å²) in [5, 5.41) is 5.94. The Morgan fingerprint density at radius 1 is 1.62 bits per heavy atom. The summed E-state index contributed by atoms with van der Waals surface area (Å²) in [5.74, 6) is -0.00748. The van der Waals surface area contributed by atoms with Crippen LogP contribution in [0, 0.1) is 0 Å². The maximum atomic E-state index is 11.8. The highest BCUT2D eigenvalue weighted by Gasteiger charge is 2.28. The Morgan fingerprint density at radius 3 is 2.94 bits per heavy atom. The van der Waals surface area contributed by atoms with Gasteiger partial charge in [-0.1, -0.05) is 13.8 Å². The minimum Gasteiger partial charge on any atom is -0.353 e. The molecule has 0 aliphatic carbocycles. The van der Waals surface area contributed by atoms with Crippen molar-refractivity contribution in [2.45, 2.75) is 39.3 Å². The fourth-order valence-electron chi connectivity index (χ4n) is 1.73. The Bertz CT molecular complexity index is 266. The van der Waals surface area contributed by atoms with E-state index in [4.69, 9.17) is 0 Å². The normalized spacial score (nSPS) is 21.1. The number of nitrogens with zero attached hydrogens (tertiary/aromatic N) is 1. The van der Waals surface area contributed by atoms with E-state index >= 15 is 0 Å². The molecule has 1 aliphatic rings. The van der Waals surface area contributed by atoms with Crippen LogP contribution in [-0.4, -0.2) is 48.4 Å². The molecule has 92 valence electrons. The first kappa shape index (κ1) is 13.0. The number of rotatable bonds is 4. The van der Waals surface area contributed by atoms with E-state index in [-0.39, 0.29) is 17.9 Å². The summed E-state index contributed by atoms with van der Waals surface area (Å²) in [5.41, 5.74) is 0. The molecule has 1 atom stereocenters. The summed E-state index contributed by atoms with van der Waals surface area (Å²) in [4.78, 5) is 24.9. The minimum absolute atomic E-state index is 0.0514. The fourth-order valence-corrected chi connectivity index (χ4v) is 1.73. The van der Waals surface area contributed by atoms with Gasteiger partial charge in [0.05, 0.1) is 0 Å². The predicted octanol–water partition coefficient (Wildman–Crippen LogP) is -0.279. The lowest BCUT2D eigenvalue weighted by molar-refractivity contribution is -0.142. The van der Waals surface area contributed by atoms with Crippen LogP contribution in [0.15, 0.2) is 0 Å². The van der Waals surface area contributed by atoms with Crippen molar-refractivity contribution in [3.05, 3.63) is 0 Å². The Morgan fingerprint density at radius 2 is 2.31 bits per heavy atom. The van der Waals surface area contributed by atoms with Crippen LogP contribution in [0.5, 0.6) is 0 Å². The van der Waals surface area contributed by atoms with Crippen molar-refractivity contribution in [3.63, 3.8) is 0 Å². The third-order valence-electron chi connectivity index (χ3n) is 2.71. The molecule has 1 fully saturated rings. The number of carbonyl (C=O) groups excluding carboxylic acids is 2. The number of hydrogen-bond donors (Lipinski definition) is 2. The van der Waals surface area contributed by atoms with Gasteiger partial charge < -0.3 is 15.5 Å². The van der Waals surface area contributed by atoms with Gasteiger partial charge in [0.2, 0.25) is 11.8 Å². The number of piperazine rings is 1. The molecule has 0 saturated carbocycles. The molecule has 0 aromatic carbocycles. The second-order valence-electron chi connectivity index (χ2n) is 4.41. The second kappa shape index (κ2) is 5.84. The average molecular weight is 227 g/mol. The van der Waals surface area contributed by atoms with Gasteiger partial charge in [0.15, 0.2) is 0 Å². The van der Waals surface area contributed by atoms with Gasteiger partial charge in [-0.2, -0.15) is 0 Å². The van der Waals surface area contributed by atoms with Crippen molar-refractivity contribution in [2.75, 3.05) is 19.6 Å². The molecular formula is C11H21N3O2. The number of amides is 2. The molecular weight excluding hydrogens is 206 g/mol. The molecule has 0 aromatic heterocycles. The zero-order valence-corrected chi connectivity index (χ0v) is 10.2. The molecule has 0 radical (unpaired) electrons. The molecule has 0 spiro atoms. The van der Waals surface area contributed by atoms with Gasteiger partial charge in [0.25, 0.3) is 0 Å². The molecule has 5 nitrogen and oxygen atoms in total. The van der Waals surface area contributed by atoms with Gasteiger partial charge in [-0.3, -0.25) is 9.59 Å². The van der Waals surface area contributed by atoms with E-state index in [9.17, 15) is 9.59 Å². The monoisotopic (exact) mass is 227 g/mol. The smallest absolute Gasteiger partial charge is 0.242 e. The van der Waals surface area contributed by atoms with Gasteiger partial charge in [-0.05, 0) is 6.92 Å². The minimum atomic E-state index is -0.333. The molecule has 2 N–H and O–H groups in total. The first-order valence-corrected chi connectivity index (χ1v) is 5.83. The average Bonchev–Trinajstić information content (AvgIpc) is 2.21. The molecule has 1 aliphatic heterocycles. The third kappa shape index (κ3) is 3.48. The zero-order valence-electron chi connectivity index (χ0n) is 10.2. The summed E-state index contributed by atoms with van der Waals surface area (Å²) in [6.45, 7) is 7.70. The molecule has 1 unspecified atom stereocenters. The van der Waals surface area contributed by atoms with Crippen molar-refractivity contribution < 1.29 is 9.59 Å². The molecule has 1 rings (SSSR count). The van der Waals surface area contributed by atoms with E-state index in [0.29, 0.717) is 32.1 Å². The predicted molar refractivity (Wildman–Crippen MR) is 61.9 cm³/mol. The topological polar surface area (TPSA) is 61.4 Å². The molecule has 2 amide bonds. The van der Waals surface area contributed by atoms with Gasteiger partial charge in [-0.15, -0.1) is 0 Å². The maximum absolute atomic E-state index is 11.8. The highest BCUT2D eigenvalue weighted by Crippen LogP contribution is 2.05. The largest absolute Gasteiger partial charge is 0.353 e. The highest BCUT2D eigenvalue weighted by molar-refractivity contribution is 5.88. The summed E-state index contributed by atoms with van der Waals surface area (Å²) >= 11 is 0.